The quantitative estimate of drug-likeness (QED) is 0.297. The summed E-state index contributed by atoms with van der Waals surface area (Å²) in [5.74, 6) is -0.370. The van der Waals surface area contributed by atoms with Gasteiger partial charge in [-0.1, -0.05) is 48.4 Å². The average Bonchev–Trinajstić information content (AvgIpc) is 3.41. The molecule has 2 aromatic carbocycles. The fourth-order valence-electron chi connectivity index (χ4n) is 4.86. The normalized spacial score (nSPS) is 15.7. The van der Waals surface area contributed by atoms with E-state index in [2.05, 4.69) is 22.0 Å². The Morgan fingerprint density at radius 2 is 1.95 bits per heavy atom. The topological polar surface area (TPSA) is 95.9 Å². The molecular formula is C29H35ClN4O4S. The number of aryl methyl sites for hydroxylation is 2. The Morgan fingerprint density at radius 1 is 1.21 bits per heavy atom. The van der Waals surface area contributed by atoms with Crippen molar-refractivity contribution in [1.82, 2.24) is 15.1 Å². The van der Waals surface area contributed by atoms with Gasteiger partial charge in [0.2, 0.25) is 5.13 Å². The number of likely N-dealkylation sites (tertiary alicyclic amines) is 1. The summed E-state index contributed by atoms with van der Waals surface area (Å²) >= 11 is 7.70. The van der Waals surface area contributed by atoms with Crippen molar-refractivity contribution in [2.24, 2.45) is 5.92 Å². The first kappa shape index (κ1) is 29.0. The van der Waals surface area contributed by atoms with Crippen molar-refractivity contribution in [3.05, 3.63) is 58.1 Å². The molecular weight excluding hydrogens is 536 g/mol. The lowest BCUT2D eigenvalue weighted by Gasteiger charge is -2.30. The Bertz CT molecular complexity index is 1290. The van der Waals surface area contributed by atoms with Gasteiger partial charge in [0.05, 0.1) is 16.5 Å². The zero-order valence-corrected chi connectivity index (χ0v) is 24.2. The number of hydrogen-bond acceptors (Lipinski definition) is 7. The number of aliphatic carboxylic acids is 1. The molecule has 1 aliphatic rings. The van der Waals surface area contributed by atoms with Crippen molar-refractivity contribution in [3.63, 3.8) is 0 Å². The van der Waals surface area contributed by atoms with Gasteiger partial charge in [0.15, 0.2) is 0 Å². The van der Waals surface area contributed by atoms with E-state index in [1.54, 1.807) is 29.2 Å². The van der Waals surface area contributed by atoms with E-state index in [-0.39, 0.29) is 11.8 Å². The number of anilines is 1. The number of carbonyl (C=O) groups is 2. The maximum absolute atomic E-state index is 13.4. The van der Waals surface area contributed by atoms with Gasteiger partial charge in [-0.15, -0.1) is 10.2 Å². The van der Waals surface area contributed by atoms with Crippen LogP contribution < -0.4 is 9.64 Å². The maximum atomic E-state index is 13.4. The number of nitrogens with zero attached hydrogens (tertiary/aromatic N) is 4. The molecule has 39 heavy (non-hydrogen) atoms. The molecule has 208 valence electrons. The average molecular weight is 571 g/mol. The second-order valence-corrected chi connectivity index (χ2v) is 11.3. The molecule has 0 bridgehead atoms. The number of benzene rings is 2. The third-order valence-corrected chi connectivity index (χ3v) is 8.27. The monoisotopic (exact) mass is 570 g/mol. The fraction of sp³-hybridized carbons (Fsp3) is 0.448. The third-order valence-electron chi connectivity index (χ3n) is 6.95. The molecule has 1 fully saturated rings. The predicted octanol–water partition coefficient (Wildman–Crippen LogP) is 6.10. The number of rotatable bonds is 11. The van der Waals surface area contributed by atoms with E-state index in [4.69, 9.17) is 16.3 Å². The fourth-order valence-corrected chi connectivity index (χ4v) is 5.93. The Morgan fingerprint density at radius 3 is 2.64 bits per heavy atom. The summed E-state index contributed by atoms with van der Waals surface area (Å²) in [6.45, 7) is 9.28. The first-order valence-corrected chi connectivity index (χ1v) is 14.6. The number of halogens is 1. The molecule has 2 heterocycles. The summed E-state index contributed by atoms with van der Waals surface area (Å²) in [5, 5.41) is 19.8. The van der Waals surface area contributed by atoms with Gasteiger partial charge < -0.3 is 9.84 Å². The number of ether oxygens (including phenoxy) is 1. The summed E-state index contributed by atoms with van der Waals surface area (Å²) in [5.41, 5.74) is 3.34. The molecule has 0 radical (unpaired) electrons. The van der Waals surface area contributed by atoms with Crippen LogP contribution in [0.3, 0.4) is 0 Å². The number of hydrogen-bond donors (Lipinski definition) is 1. The Kier molecular flexibility index (Phi) is 9.94. The first-order chi connectivity index (χ1) is 18.8. The van der Waals surface area contributed by atoms with Gasteiger partial charge >= 0.3 is 5.97 Å². The smallest absolute Gasteiger partial charge is 0.307 e. The molecule has 1 N–H and O–H groups in total. The first-order valence-electron chi connectivity index (χ1n) is 13.4. The van der Waals surface area contributed by atoms with Crippen LogP contribution in [0.5, 0.6) is 5.75 Å². The zero-order chi connectivity index (χ0) is 27.9. The van der Waals surface area contributed by atoms with Crippen LogP contribution in [0.2, 0.25) is 5.02 Å². The van der Waals surface area contributed by atoms with E-state index < -0.39 is 5.97 Å². The molecule has 3 aromatic rings. The van der Waals surface area contributed by atoms with Crippen molar-refractivity contribution in [1.29, 1.82) is 0 Å². The molecule has 1 saturated heterocycles. The molecule has 0 spiro atoms. The molecule has 1 unspecified atom stereocenters. The van der Waals surface area contributed by atoms with Crippen LogP contribution in [-0.2, 0) is 4.79 Å². The molecule has 4 rings (SSSR count). The number of carboxylic acid groups (broad SMARTS) is 1. The van der Waals surface area contributed by atoms with Crippen molar-refractivity contribution in [2.45, 2.75) is 46.5 Å². The van der Waals surface area contributed by atoms with E-state index in [9.17, 15) is 14.7 Å². The summed E-state index contributed by atoms with van der Waals surface area (Å²) in [6.07, 6.45) is 3.41. The van der Waals surface area contributed by atoms with Crippen molar-refractivity contribution < 1.29 is 19.4 Å². The molecule has 1 atom stereocenters. The summed E-state index contributed by atoms with van der Waals surface area (Å²) in [4.78, 5) is 28.5. The number of carboxylic acids is 1. The van der Waals surface area contributed by atoms with Gasteiger partial charge in [-0.2, -0.15) is 0 Å². The van der Waals surface area contributed by atoms with Crippen molar-refractivity contribution in [3.8, 4) is 16.3 Å². The molecule has 1 aliphatic heterocycles. The highest BCUT2D eigenvalue weighted by Gasteiger charge is 2.26. The van der Waals surface area contributed by atoms with E-state index in [1.807, 2.05) is 26.0 Å². The molecule has 1 amide bonds. The summed E-state index contributed by atoms with van der Waals surface area (Å²) in [7, 11) is 0. The maximum Gasteiger partial charge on any atom is 0.307 e. The van der Waals surface area contributed by atoms with E-state index in [0.717, 1.165) is 59.7 Å². The molecule has 8 nitrogen and oxygen atoms in total. The van der Waals surface area contributed by atoms with Gasteiger partial charge in [-0.25, -0.2) is 0 Å². The summed E-state index contributed by atoms with van der Waals surface area (Å²) < 4.78 is 6.15. The van der Waals surface area contributed by atoms with Crippen LogP contribution in [0.15, 0.2) is 36.4 Å². The van der Waals surface area contributed by atoms with Gasteiger partial charge in [0.1, 0.15) is 17.4 Å². The molecule has 0 aliphatic carbocycles. The highest BCUT2D eigenvalue weighted by Crippen LogP contribution is 2.35. The Balaban J connectivity index is 1.46. The highest BCUT2D eigenvalue weighted by atomic mass is 35.5. The summed E-state index contributed by atoms with van der Waals surface area (Å²) in [6, 6.07) is 11.1. The minimum absolute atomic E-state index is 0.184. The zero-order valence-electron chi connectivity index (χ0n) is 22.7. The third kappa shape index (κ3) is 7.15. The Hall–Kier alpha value is -3.01. The lowest BCUT2D eigenvalue weighted by Crippen LogP contribution is -2.40. The van der Waals surface area contributed by atoms with Gasteiger partial charge in [-0.05, 0) is 75.0 Å². The number of carbonyl (C=O) groups excluding carboxylic acids is 1. The number of amides is 1. The van der Waals surface area contributed by atoms with Gasteiger partial charge in [0, 0.05) is 25.2 Å². The standard InChI is InChI=1S/C29H35ClN4O4S/c1-4-5-13-34(27(35)23-10-6-7-11-24(23)30)29-32-31-26(39-29)22-16-19(2)25(20(3)17-22)38-15-14-33-12-8-9-21(18-33)28(36)37/h6-7,10-11,16-17,21H,4-5,8-9,12-15,18H2,1-3H3,(H,36,37). The van der Waals surface area contributed by atoms with Gasteiger partial charge in [-0.3, -0.25) is 19.4 Å². The van der Waals surface area contributed by atoms with Crippen LogP contribution in [-0.4, -0.2) is 64.9 Å². The lowest BCUT2D eigenvalue weighted by atomic mass is 9.98. The molecule has 1 aromatic heterocycles. The number of unbranched alkanes of at least 4 members (excludes halogenated alkanes) is 1. The molecule has 10 heteroatoms. The second kappa shape index (κ2) is 13.4. The van der Waals surface area contributed by atoms with Crippen LogP contribution in [0.25, 0.3) is 10.6 Å². The lowest BCUT2D eigenvalue weighted by molar-refractivity contribution is -0.143. The van der Waals surface area contributed by atoms with Gasteiger partial charge in [0.25, 0.3) is 5.91 Å². The van der Waals surface area contributed by atoms with Crippen LogP contribution in [0.4, 0.5) is 5.13 Å². The predicted molar refractivity (Wildman–Crippen MR) is 155 cm³/mol. The SMILES string of the molecule is CCCCN(C(=O)c1ccccc1Cl)c1nnc(-c2cc(C)c(OCCN3CCCC(C(=O)O)C3)c(C)c2)s1. The van der Waals surface area contributed by atoms with Crippen LogP contribution >= 0.6 is 22.9 Å². The van der Waals surface area contributed by atoms with E-state index in [0.29, 0.717) is 42.0 Å². The van der Waals surface area contributed by atoms with Crippen molar-refractivity contribution in [2.75, 3.05) is 37.7 Å². The highest BCUT2D eigenvalue weighted by molar-refractivity contribution is 7.18. The van der Waals surface area contributed by atoms with E-state index >= 15 is 0 Å². The van der Waals surface area contributed by atoms with Crippen LogP contribution in [0, 0.1) is 19.8 Å². The minimum atomic E-state index is -0.718. The largest absolute Gasteiger partial charge is 0.492 e. The van der Waals surface area contributed by atoms with Crippen molar-refractivity contribution >= 4 is 39.9 Å². The van der Waals surface area contributed by atoms with E-state index in [1.165, 1.54) is 11.3 Å². The number of piperidine rings is 1. The molecule has 0 saturated carbocycles. The number of aromatic nitrogens is 2. The minimum Gasteiger partial charge on any atom is -0.492 e. The second-order valence-electron chi connectivity index (χ2n) is 9.95. The van der Waals surface area contributed by atoms with Crippen LogP contribution in [0.1, 0.15) is 54.1 Å². The Labute approximate surface area is 238 Å².